The summed E-state index contributed by atoms with van der Waals surface area (Å²) in [4.78, 5) is 27.5. The van der Waals surface area contributed by atoms with Crippen molar-refractivity contribution in [3.63, 3.8) is 0 Å². The number of carbonyl (C=O) groups excluding carboxylic acids is 1. The van der Waals surface area contributed by atoms with Gasteiger partial charge in [0.15, 0.2) is 17.7 Å². The number of para-hydroxylation sites is 1. The first-order valence-electron chi connectivity index (χ1n) is 9.33. The van der Waals surface area contributed by atoms with Gasteiger partial charge in [0.2, 0.25) is 0 Å². The number of rotatable bonds is 5. The van der Waals surface area contributed by atoms with Crippen molar-refractivity contribution in [1.82, 2.24) is 14.9 Å². The minimum Gasteiger partial charge on any atom is -0.478 e. The van der Waals surface area contributed by atoms with Gasteiger partial charge in [-0.25, -0.2) is 14.4 Å². The molecule has 1 aliphatic rings. The third-order valence-electron chi connectivity index (χ3n) is 4.67. The average Bonchev–Trinajstić information content (AvgIpc) is 2.68. The minimum absolute atomic E-state index is 0.0923. The highest BCUT2D eigenvalue weighted by molar-refractivity contribution is 5.81. The maximum Gasteiger partial charge on any atom is 0.263 e. The van der Waals surface area contributed by atoms with E-state index in [2.05, 4.69) is 14.9 Å². The SMILES string of the molecule is Cc1nc(N(C)C)cc(N2CCN(C(=O)C(C)Oc3ccccc3F)CC2)n1. The smallest absolute Gasteiger partial charge is 0.263 e. The van der Waals surface area contributed by atoms with Crippen molar-refractivity contribution in [3.05, 3.63) is 42.0 Å². The number of hydrogen-bond donors (Lipinski definition) is 0. The Morgan fingerprint density at radius 3 is 2.50 bits per heavy atom. The van der Waals surface area contributed by atoms with E-state index in [1.54, 1.807) is 24.0 Å². The third kappa shape index (κ3) is 4.49. The molecular formula is C20H26FN5O2. The molecule has 1 fully saturated rings. The number of hydrogen-bond acceptors (Lipinski definition) is 6. The van der Waals surface area contributed by atoms with Gasteiger partial charge in [-0.2, -0.15) is 0 Å². The molecule has 0 bridgehead atoms. The Morgan fingerprint density at radius 1 is 1.18 bits per heavy atom. The molecule has 28 heavy (non-hydrogen) atoms. The lowest BCUT2D eigenvalue weighted by Crippen LogP contribution is -2.52. The molecule has 1 aromatic carbocycles. The van der Waals surface area contributed by atoms with Gasteiger partial charge < -0.3 is 19.4 Å². The van der Waals surface area contributed by atoms with Crippen molar-refractivity contribution < 1.29 is 13.9 Å². The van der Waals surface area contributed by atoms with Gasteiger partial charge in [-0.3, -0.25) is 4.79 Å². The van der Waals surface area contributed by atoms with Crippen LogP contribution in [-0.2, 0) is 4.79 Å². The zero-order valence-electron chi connectivity index (χ0n) is 16.7. The van der Waals surface area contributed by atoms with Gasteiger partial charge in [0.25, 0.3) is 5.91 Å². The molecule has 3 rings (SSSR count). The number of nitrogens with zero attached hydrogens (tertiary/aromatic N) is 5. The van der Waals surface area contributed by atoms with Gasteiger partial charge in [-0.05, 0) is 26.0 Å². The van der Waals surface area contributed by atoms with Gasteiger partial charge in [-0.1, -0.05) is 12.1 Å². The van der Waals surface area contributed by atoms with Crippen LogP contribution < -0.4 is 14.5 Å². The zero-order valence-corrected chi connectivity index (χ0v) is 16.7. The molecule has 0 spiro atoms. The minimum atomic E-state index is -0.745. The van der Waals surface area contributed by atoms with Gasteiger partial charge in [0.1, 0.15) is 17.5 Å². The van der Waals surface area contributed by atoms with E-state index < -0.39 is 11.9 Å². The van der Waals surface area contributed by atoms with Gasteiger partial charge in [-0.15, -0.1) is 0 Å². The first kappa shape index (κ1) is 19.9. The van der Waals surface area contributed by atoms with E-state index in [1.807, 2.05) is 32.0 Å². The van der Waals surface area contributed by atoms with Crippen molar-refractivity contribution >= 4 is 17.5 Å². The number of piperazine rings is 1. The van der Waals surface area contributed by atoms with Gasteiger partial charge in [0.05, 0.1) is 0 Å². The molecule has 1 aromatic heterocycles. The van der Waals surface area contributed by atoms with Crippen LogP contribution in [0.2, 0.25) is 0 Å². The van der Waals surface area contributed by atoms with E-state index in [0.29, 0.717) is 32.0 Å². The Balaban J connectivity index is 1.60. The molecule has 0 radical (unpaired) electrons. The van der Waals surface area contributed by atoms with Crippen LogP contribution in [0.25, 0.3) is 0 Å². The van der Waals surface area contributed by atoms with Crippen LogP contribution in [0.15, 0.2) is 30.3 Å². The Bertz CT molecular complexity index is 837. The Hall–Kier alpha value is -2.90. The number of halogens is 1. The normalized spacial score (nSPS) is 15.3. The number of amides is 1. The second-order valence-corrected chi connectivity index (χ2v) is 7.03. The summed E-state index contributed by atoms with van der Waals surface area (Å²) in [5.41, 5.74) is 0. The molecule has 1 aliphatic heterocycles. The second kappa shape index (κ2) is 8.41. The van der Waals surface area contributed by atoms with Gasteiger partial charge in [0, 0.05) is 46.3 Å². The summed E-state index contributed by atoms with van der Waals surface area (Å²) in [6, 6.07) is 8.06. The molecule has 0 saturated carbocycles. The van der Waals surface area contributed by atoms with E-state index in [-0.39, 0.29) is 11.7 Å². The highest BCUT2D eigenvalue weighted by Gasteiger charge is 2.27. The molecule has 7 nitrogen and oxygen atoms in total. The molecule has 1 atom stereocenters. The molecular weight excluding hydrogens is 361 g/mol. The zero-order chi connectivity index (χ0) is 20.3. The van der Waals surface area contributed by atoms with Crippen molar-refractivity contribution in [3.8, 4) is 5.75 Å². The van der Waals surface area contributed by atoms with E-state index in [1.165, 1.54) is 12.1 Å². The fourth-order valence-electron chi connectivity index (χ4n) is 3.12. The van der Waals surface area contributed by atoms with Crippen molar-refractivity contribution in [2.75, 3.05) is 50.1 Å². The third-order valence-corrected chi connectivity index (χ3v) is 4.67. The Labute approximate surface area is 164 Å². The highest BCUT2D eigenvalue weighted by Crippen LogP contribution is 2.21. The fraction of sp³-hybridized carbons (Fsp3) is 0.450. The highest BCUT2D eigenvalue weighted by atomic mass is 19.1. The summed E-state index contributed by atoms with van der Waals surface area (Å²) >= 11 is 0. The van der Waals surface area contributed by atoms with Crippen molar-refractivity contribution in [2.45, 2.75) is 20.0 Å². The number of ether oxygens (including phenoxy) is 1. The molecule has 1 amide bonds. The molecule has 2 aromatic rings. The molecule has 1 unspecified atom stereocenters. The predicted molar refractivity (Wildman–Crippen MR) is 106 cm³/mol. The number of carbonyl (C=O) groups is 1. The lowest BCUT2D eigenvalue weighted by atomic mass is 10.2. The standard InChI is InChI=1S/C20H26FN5O2/c1-14(28-17-8-6-5-7-16(17)21)20(27)26-11-9-25(10-12-26)19-13-18(24(3)4)22-15(2)23-19/h5-8,13-14H,9-12H2,1-4H3. The topological polar surface area (TPSA) is 61.8 Å². The molecule has 0 aliphatic carbocycles. The summed E-state index contributed by atoms with van der Waals surface area (Å²) in [7, 11) is 3.89. The van der Waals surface area contributed by atoms with Crippen molar-refractivity contribution in [2.24, 2.45) is 0 Å². The first-order valence-corrected chi connectivity index (χ1v) is 9.33. The van der Waals surface area contributed by atoms with Crippen LogP contribution in [0.1, 0.15) is 12.7 Å². The lowest BCUT2D eigenvalue weighted by Gasteiger charge is -2.36. The Kier molecular flexibility index (Phi) is 5.96. The maximum absolute atomic E-state index is 13.7. The fourth-order valence-corrected chi connectivity index (χ4v) is 3.12. The monoisotopic (exact) mass is 387 g/mol. The summed E-state index contributed by atoms with van der Waals surface area (Å²) in [5, 5.41) is 0. The molecule has 8 heteroatoms. The number of benzene rings is 1. The number of aromatic nitrogens is 2. The number of aryl methyl sites for hydroxylation is 1. The van der Waals surface area contributed by atoms with Crippen LogP contribution in [0.4, 0.5) is 16.0 Å². The molecule has 1 saturated heterocycles. The van der Waals surface area contributed by atoms with Crippen LogP contribution in [0.5, 0.6) is 5.75 Å². The second-order valence-electron chi connectivity index (χ2n) is 7.03. The molecule has 0 N–H and O–H groups in total. The van der Waals surface area contributed by atoms with Crippen LogP contribution in [-0.4, -0.2) is 67.2 Å². The Morgan fingerprint density at radius 2 is 1.86 bits per heavy atom. The van der Waals surface area contributed by atoms with Crippen LogP contribution in [0.3, 0.4) is 0 Å². The summed E-state index contributed by atoms with van der Waals surface area (Å²) in [6.07, 6.45) is -0.745. The first-order chi connectivity index (χ1) is 13.3. The van der Waals surface area contributed by atoms with Crippen LogP contribution >= 0.6 is 0 Å². The van der Waals surface area contributed by atoms with E-state index in [0.717, 1.165) is 11.6 Å². The molecule has 150 valence electrons. The maximum atomic E-state index is 13.7. The quantitative estimate of drug-likeness (QED) is 0.783. The largest absolute Gasteiger partial charge is 0.478 e. The summed E-state index contributed by atoms with van der Waals surface area (Å²) in [5.74, 6) is 1.91. The van der Waals surface area contributed by atoms with E-state index in [4.69, 9.17) is 4.74 Å². The molecule has 2 heterocycles. The van der Waals surface area contributed by atoms with Gasteiger partial charge >= 0.3 is 0 Å². The predicted octanol–water partition coefficient (Wildman–Crippen LogP) is 2.11. The summed E-state index contributed by atoms with van der Waals surface area (Å²) in [6.45, 7) is 5.98. The van der Waals surface area contributed by atoms with E-state index >= 15 is 0 Å². The number of anilines is 2. The van der Waals surface area contributed by atoms with Crippen molar-refractivity contribution in [1.29, 1.82) is 0 Å². The van der Waals surface area contributed by atoms with E-state index in [9.17, 15) is 9.18 Å². The lowest BCUT2D eigenvalue weighted by molar-refractivity contribution is -0.138. The average molecular weight is 387 g/mol. The van der Waals surface area contributed by atoms with Crippen LogP contribution in [0, 0.1) is 12.7 Å². The summed E-state index contributed by atoms with van der Waals surface area (Å²) < 4.78 is 19.3.